The highest BCUT2D eigenvalue weighted by molar-refractivity contribution is 6.09. The Bertz CT molecular complexity index is 1050. The van der Waals surface area contributed by atoms with Gasteiger partial charge in [0.05, 0.1) is 0 Å². The molecule has 2 aliphatic carbocycles. The lowest BCUT2D eigenvalue weighted by Gasteiger charge is -2.27. The molecule has 0 saturated heterocycles. The molecule has 0 N–H and O–H groups in total. The summed E-state index contributed by atoms with van der Waals surface area (Å²) < 4.78 is 0. The Hall–Kier alpha value is -2.60. The normalized spacial score (nSPS) is 20.1. The van der Waals surface area contributed by atoms with Crippen molar-refractivity contribution < 1.29 is 0 Å². The Morgan fingerprint density at radius 2 is 1.54 bits per heavy atom. The van der Waals surface area contributed by atoms with Gasteiger partial charge in [-0.05, 0) is 65.7 Å². The summed E-state index contributed by atoms with van der Waals surface area (Å²) in [6.45, 7) is 6.72. The highest BCUT2D eigenvalue weighted by Crippen LogP contribution is 2.60. The molecule has 5 rings (SSSR count). The van der Waals surface area contributed by atoms with Gasteiger partial charge in [0.25, 0.3) is 0 Å². The molecule has 0 bridgehead atoms. The fraction of sp³-hybridized carbons (Fsp3) is 0.231. The van der Waals surface area contributed by atoms with Crippen LogP contribution in [0.3, 0.4) is 0 Å². The zero-order valence-corrected chi connectivity index (χ0v) is 15.8. The molecular weight excluding hydrogens is 312 g/mol. The molecule has 0 fully saturated rings. The van der Waals surface area contributed by atoms with Crippen LogP contribution in [0, 0.1) is 13.8 Å². The van der Waals surface area contributed by atoms with Crippen molar-refractivity contribution in [3.63, 3.8) is 0 Å². The molecule has 0 radical (unpaired) electrons. The van der Waals surface area contributed by atoms with Gasteiger partial charge in [0, 0.05) is 5.41 Å². The Kier molecular flexibility index (Phi) is 3.28. The van der Waals surface area contributed by atoms with Gasteiger partial charge in [0.15, 0.2) is 0 Å². The summed E-state index contributed by atoms with van der Waals surface area (Å²) in [6, 6.07) is 25.2. The first-order valence-electron chi connectivity index (χ1n) is 9.65. The van der Waals surface area contributed by atoms with Crippen LogP contribution in [0.4, 0.5) is 0 Å². The van der Waals surface area contributed by atoms with E-state index in [0.717, 1.165) is 12.8 Å². The van der Waals surface area contributed by atoms with Gasteiger partial charge >= 0.3 is 0 Å². The van der Waals surface area contributed by atoms with Crippen molar-refractivity contribution in [2.75, 3.05) is 0 Å². The highest BCUT2D eigenvalue weighted by Gasteiger charge is 2.49. The molecule has 0 amide bonds. The molecule has 26 heavy (non-hydrogen) atoms. The molecule has 128 valence electrons. The smallest absolute Gasteiger partial charge is 0.0259 e. The number of allylic oxidation sites excluding steroid dienone is 1. The van der Waals surface area contributed by atoms with E-state index in [-0.39, 0.29) is 5.41 Å². The summed E-state index contributed by atoms with van der Waals surface area (Å²) >= 11 is 0. The van der Waals surface area contributed by atoms with E-state index in [0.29, 0.717) is 0 Å². The van der Waals surface area contributed by atoms with Crippen LogP contribution < -0.4 is 0 Å². The third kappa shape index (κ3) is 1.96. The summed E-state index contributed by atoms with van der Waals surface area (Å²) in [5.74, 6) is 0. The van der Waals surface area contributed by atoms with E-state index in [1.165, 1.54) is 44.5 Å². The maximum Gasteiger partial charge on any atom is 0.0259 e. The summed E-state index contributed by atoms with van der Waals surface area (Å²) in [5.41, 5.74) is 13.1. The van der Waals surface area contributed by atoms with Gasteiger partial charge in [-0.2, -0.15) is 0 Å². The quantitative estimate of drug-likeness (QED) is 0.502. The lowest BCUT2D eigenvalue weighted by Crippen LogP contribution is -2.22. The predicted octanol–water partition coefficient (Wildman–Crippen LogP) is 6.48. The highest BCUT2D eigenvalue weighted by atomic mass is 14.5. The molecule has 1 unspecified atom stereocenters. The van der Waals surface area contributed by atoms with Crippen LogP contribution >= 0.6 is 0 Å². The first kappa shape index (κ1) is 15.6. The van der Waals surface area contributed by atoms with Crippen molar-refractivity contribution in [3.05, 3.63) is 106 Å². The zero-order valence-electron chi connectivity index (χ0n) is 15.8. The van der Waals surface area contributed by atoms with E-state index in [4.69, 9.17) is 0 Å². The predicted molar refractivity (Wildman–Crippen MR) is 110 cm³/mol. The number of benzene rings is 3. The second-order valence-electron chi connectivity index (χ2n) is 7.93. The molecule has 1 atom stereocenters. The van der Waals surface area contributed by atoms with Crippen molar-refractivity contribution in [2.24, 2.45) is 0 Å². The molecular formula is C26H24. The van der Waals surface area contributed by atoms with Gasteiger partial charge in [-0.15, -0.1) is 0 Å². The second kappa shape index (κ2) is 5.45. The lowest BCUT2D eigenvalue weighted by atomic mass is 9.75. The largest absolute Gasteiger partial charge is 0.0642 e. The summed E-state index contributed by atoms with van der Waals surface area (Å²) in [6.07, 6.45) is 2.27. The van der Waals surface area contributed by atoms with E-state index in [1.807, 2.05) is 0 Å². The molecule has 0 aliphatic heterocycles. The first-order valence-corrected chi connectivity index (χ1v) is 9.65. The van der Waals surface area contributed by atoms with Crippen LogP contribution in [0.15, 0.2) is 66.7 Å². The number of hydrogen-bond acceptors (Lipinski definition) is 0. The van der Waals surface area contributed by atoms with Crippen LogP contribution in [0.25, 0.3) is 11.1 Å². The Balaban J connectivity index is 1.88. The molecule has 0 heteroatoms. The molecule has 3 aromatic rings. The Morgan fingerprint density at radius 3 is 2.31 bits per heavy atom. The standard InChI is InChI=1S/C26H24/c1-4-26-16-20-15-18(3)11-14-21(20)25(26)24(19-12-9-17(2)10-13-19)22-7-5-6-8-23(22)26/h5-15H,4,16H2,1-3H3. The van der Waals surface area contributed by atoms with Crippen LogP contribution in [-0.2, 0) is 11.8 Å². The van der Waals surface area contributed by atoms with E-state index in [9.17, 15) is 0 Å². The second-order valence-corrected chi connectivity index (χ2v) is 7.93. The fourth-order valence-electron chi connectivity index (χ4n) is 5.15. The van der Waals surface area contributed by atoms with Gasteiger partial charge in [-0.3, -0.25) is 0 Å². The molecule has 0 nitrogen and oxygen atoms in total. The van der Waals surface area contributed by atoms with E-state index in [1.54, 1.807) is 5.57 Å². The topological polar surface area (TPSA) is 0 Å². The third-order valence-electron chi connectivity index (χ3n) is 6.41. The molecule has 0 spiro atoms. The summed E-state index contributed by atoms with van der Waals surface area (Å²) in [4.78, 5) is 0. The van der Waals surface area contributed by atoms with Gasteiger partial charge in [0.1, 0.15) is 0 Å². The summed E-state index contributed by atoms with van der Waals surface area (Å²) in [7, 11) is 0. The fourth-order valence-corrected chi connectivity index (χ4v) is 5.15. The van der Waals surface area contributed by atoms with Crippen molar-refractivity contribution >= 4 is 11.1 Å². The van der Waals surface area contributed by atoms with E-state index < -0.39 is 0 Å². The molecule has 0 heterocycles. The number of aryl methyl sites for hydroxylation is 2. The zero-order chi connectivity index (χ0) is 17.9. The van der Waals surface area contributed by atoms with Gasteiger partial charge in [-0.25, -0.2) is 0 Å². The molecule has 0 saturated carbocycles. The Morgan fingerprint density at radius 1 is 0.808 bits per heavy atom. The number of hydrogen-bond donors (Lipinski definition) is 0. The number of fused-ring (bicyclic) bond motifs is 5. The van der Waals surface area contributed by atoms with E-state index in [2.05, 4.69) is 87.5 Å². The lowest BCUT2D eigenvalue weighted by molar-refractivity contribution is 0.557. The van der Waals surface area contributed by atoms with Crippen molar-refractivity contribution in [1.82, 2.24) is 0 Å². The minimum absolute atomic E-state index is 0.132. The average Bonchev–Trinajstić information content (AvgIpc) is 3.12. The van der Waals surface area contributed by atoms with Crippen LogP contribution in [0.1, 0.15) is 52.3 Å². The molecule has 2 aliphatic rings. The SMILES string of the molecule is CCC12Cc3cc(C)ccc3C1=C(c1ccc(C)cc1)c1ccccc12. The van der Waals surface area contributed by atoms with Gasteiger partial charge < -0.3 is 0 Å². The van der Waals surface area contributed by atoms with Gasteiger partial charge in [0.2, 0.25) is 0 Å². The average molecular weight is 336 g/mol. The van der Waals surface area contributed by atoms with Crippen LogP contribution in [0.5, 0.6) is 0 Å². The maximum atomic E-state index is 2.40. The third-order valence-corrected chi connectivity index (χ3v) is 6.41. The van der Waals surface area contributed by atoms with Crippen molar-refractivity contribution in [2.45, 2.75) is 39.0 Å². The monoisotopic (exact) mass is 336 g/mol. The van der Waals surface area contributed by atoms with E-state index >= 15 is 0 Å². The molecule has 0 aromatic heterocycles. The van der Waals surface area contributed by atoms with Crippen LogP contribution in [-0.4, -0.2) is 0 Å². The first-order chi connectivity index (χ1) is 12.6. The minimum Gasteiger partial charge on any atom is -0.0642 e. The van der Waals surface area contributed by atoms with Crippen LogP contribution in [0.2, 0.25) is 0 Å². The van der Waals surface area contributed by atoms with Crippen molar-refractivity contribution in [1.29, 1.82) is 0 Å². The number of rotatable bonds is 2. The summed E-state index contributed by atoms with van der Waals surface area (Å²) in [5, 5.41) is 0. The Labute approximate surface area is 156 Å². The van der Waals surface area contributed by atoms with Gasteiger partial charge in [-0.1, -0.05) is 84.8 Å². The van der Waals surface area contributed by atoms with Crippen molar-refractivity contribution in [3.8, 4) is 0 Å². The minimum atomic E-state index is 0.132. The molecule has 3 aromatic carbocycles. The maximum absolute atomic E-state index is 2.40.